The van der Waals surface area contributed by atoms with E-state index in [1.165, 1.54) is 0 Å². The first-order valence-corrected chi connectivity index (χ1v) is 9.62. The number of ether oxygens (including phenoxy) is 1. The van der Waals surface area contributed by atoms with Crippen LogP contribution in [0.15, 0.2) is 78.9 Å². The van der Waals surface area contributed by atoms with E-state index in [1.54, 1.807) is 67.6 Å². The SMILES string of the molecule is CCOC(=O)Nc1cccc(C(=O)Nc2ccc(NC(=O)Nc3ccccc3)cc2)c1. The van der Waals surface area contributed by atoms with E-state index < -0.39 is 6.09 Å². The molecule has 0 radical (unpaired) electrons. The minimum Gasteiger partial charge on any atom is -0.450 e. The van der Waals surface area contributed by atoms with Gasteiger partial charge in [0, 0.05) is 28.3 Å². The highest BCUT2D eigenvalue weighted by atomic mass is 16.5. The fraction of sp³-hybridized carbons (Fsp3) is 0.0870. The van der Waals surface area contributed by atoms with Gasteiger partial charge in [0.2, 0.25) is 0 Å². The maximum atomic E-state index is 12.5. The number of amides is 4. The Labute approximate surface area is 179 Å². The lowest BCUT2D eigenvalue weighted by molar-refractivity contribution is 0.102. The largest absolute Gasteiger partial charge is 0.450 e. The van der Waals surface area contributed by atoms with E-state index in [2.05, 4.69) is 21.3 Å². The number of urea groups is 1. The van der Waals surface area contributed by atoms with Crippen molar-refractivity contribution in [3.63, 3.8) is 0 Å². The summed E-state index contributed by atoms with van der Waals surface area (Å²) in [7, 11) is 0. The first-order chi connectivity index (χ1) is 15.0. The van der Waals surface area contributed by atoms with Crippen LogP contribution in [0.2, 0.25) is 0 Å². The third-order valence-electron chi connectivity index (χ3n) is 4.08. The van der Waals surface area contributed by atoms with Gasteiger partial charge in [-0.15, -0.1) is 0 Å². The Kier molecular flexibility index (Phi) is 7.21. The molecule has 0 heterocycles. The van der Waals surface area contributed by atoms with Crippen molar-refractivity contribution in [1.29, 1.82) is 0 Å². The molecule has 0 spiro atoms. The highest BCUT2D eigenvalue weighted by Gasteiger charge is 2.09. The van der Waals surface area contributed by atoms with Crippen LogP contribution in [0.4, 0.5) is 32.3 Å². The van der Waals surface area contributed by atoms with Crippen LogP contribution in [0.1, 0.15) is 17.3 Å². The summed E-state index contributed by atoms with van der Waals surface area (Å²) < 4.78 is 4.83. The maximum absolute atomic E-state index is 12.5. The lowest BCUT2D eigenvalue weighted by Crippen LogP contribution is -2.19. The quantitative estimate of drug-likeness (QED) is 0.444. The van der Waals surface area contributed by atoms with Crippen molar-refractivity contribution >= 4 is 40.8 Å². The summed E-state index contributed by atoms with van der Waals surface area (Å²) in [6.45, 7) is 1.96. The van der Waals surface area contributed by atoms with Crippen molar-refractivity contribution in [3.05, 3.63) is 84.4 Å². The van der Waals surface area contributed by atoms with Crippen LogP contribution in [0.5, 0.6) is 0 Å². The molecule has 0 aliphatic heterocycles. The van der Waals surface area contributed by atoms with Gasteiger partial charge in [0.05, 0.1) is 6.61 Å². The van der Waals surface area contributed by atoms with Crippen molar-refractivity contribution in [2.45, 2.75) is 6.92 Å². The lowest BCUT2D eigenvalue weighted by atomic mass is 10.2. The summed E-state index contributed by atoms with van der Waals surface area (Å²) in [5.41, 5.74) is 2.65. The summed E-state index contributed by atoms with van der Waals surface area (Å²) in [5.74, 6) is -0.338. The van der Waals surface area contributed by atoms with Crippen LogP contribution in [-0.4, -0.2) is 24.6 Å². The molecule has 8 nitrogen and oxygen atoms in total. The fourth-order valence-corrected chi connectivity index (χ4v) is 2.68. The van der Waals surface area contributed by atoms with E-state index in [0.29, 0.717) is 28.3 Å². The predicted molar refractivity (Wildman–Crippen MR) is 121 cm³/mol. The van der Waals surface area contributed by atoms with E-state index in [1.807, 2.05) is 18.2 Å². The highest BCUT2D eigenvalue weighted by Crippen LogP contribution is 2.17. The molecular formula is C23H22N4O4. The predicted octanol–water partition coefficient (Wildman–Crippen LogP) is 5.15. The minimum absolute atomic E-state index is 0.255. The van der Waals surface area contributed by atoms with Gasteiger partial charge in [-0.05, 0) is 61.5 Å². The van der Waals surface area contributed by atoms with E-state index in [9.17, 15) is 14.4 Å². The molecule has 0 saturated heterocycles. The zero-order valence-electron chi connectivity index (χ0n) is 16.8. The summed E-state index contributed by atoms with van der Waals surface area (Å²) in [6.07, 6.45) is -0.584. The van der Waals surface area contributed by atoms with Crippen LogP contribution in [0.3, 0.4) is 0 Å². The van der Waals surface area contributed by atoms with Crippen molar-refractivity contribution in [2.24, 2.45) is 0 Å². The number of hydrogen-bond acceptors (Lipinski definition) is 4. The van der Waals surface area contributed by atoms with Crippen molar-refractivity contribution in [1.82, 2.24) is 0 Å². The third-order valence-corrected chi connectivity index (χ3v) is 4.08. The van der Waals surface area contributed by atoms with E-state index in [-0.39, 0.29) is 18.5 Å². The fourth-order valence-electron chi connectivity index (χ4n) is 2.68. The van der Waals surface area contributed by atoms with Gasteiger partial charge in [-0.25, -0.2) is 9.59 Å². The summed E-state index contributed by atoms with van der Waals surface area (Å²) in [5, 5.41) is 10.8. The number of hydrogen-bond donors (Lipinski definition) is 4. The van der Waals surface area contributed by atoms with Gasteiger partial charge in [0.15, 0.2) is 0 Å². The molecule has 3 aromatic rings. The summed E-state index contributed by atoms with van der Waals surface area (Å²) in [4.78, 5) is 36.1. The van der Waals surface area contributed by atoms with Crippen molar-refractivity contribution in [2.75, 3.05) is 27.9 Å². The van der Waals surface area contributed by atoms with Crippen molar-refractivity contribution in [3.8, 4) is 0 Å². The average Bonchev–Trinajstić information content (AvgIpc) is 2.76. The van der Waals surface area contributed by atoms with Gasteiger partial charge >= 0.3 is 12.1 Å². The van der Waals surface area contributed by atoms with Gasteiger partial charge in [-0.2, -0.15) is 0 Å². The zero-order valence-corrected chi connectivity index (χ0v) is 16.8. The molecule has 4 N–H and O–H groups in total. The topological polar surface area (TPSA) is 109 Å². The van der Waals surface area contributed by atoms with Crippen LogP contribution in [-0.2, 0) is 4.74 Å². The first kappa shape index (κ1) is 21.4. The van der Waals surface area contributed by atoms with Crippen LogP contribution < -0.4 is 21.3 Å². The zero-order chi connectivity index (χ0) is 22.1. The van der Waals surface area contributed by atoms with Gasteiger partial charge in [0.25, 0.3) is 5.91 Å². The van der Waals surface area contributed by atoms with E-state index >= 15 is 0 Å². The molecule has 158 valence electrons. The number of benzene rings is 3. The number of carbonyl (C=O) groups excluding carboxylic acids is 3. The number of carbonyl (C=O) groups is 3. The molecule has 8 heteroatoms. The molecule has 0 unspecified atom stereocenters. The maximum Gasteiger partial charge on any atom is 0.411 e. The second-order valence-corrected chi connectivity index (χ2v) is 6.40. The smallest absolute Gasteiger partial charge is 0.411 e. The first-order valence-electron chi connectivity index (χ1n) is 9.62. The second kappa shape index (κ2) is 10.4. The van der Waals surface area contributed by atoms with Crippen LogP contribution in [0, 0.1) is 0 Å². The van der Waals surface area contributed by atoms with E-state index in [0.717, 1.165) is 0 Å². The Hall–Kier alpha value is -4.33. The normalized spacial score (nSPS) is 9.97. The molecular weight excluding hydrogens is 396 g/mol. The highest BCUT2D eigenvalue weighted by molar-refractivity contribution is 6.05. The van der Waals surface area contributed by atoms with Gasteiger partial charge < -0.3 is 20.7 Å². The molecule has 4 amide bonds. The lowest BCUT2D eigenvalue weighted by Gasteiger charge is -2.10. The molecule has 0 aliphatic rings. The van der Waals surface area contributed by atoms with Gasteiger partial charge in [0.1, 0.15) is 0 Å². The monoisotopic (exact) mass is 418 g/mol. The summed E-state index contributed by atoms with van der Waals surface area (Å²) in [6, 6.07) is 22.0. The second-order valence-electron chi connectivity index (χ2n) is 6.40. The number of rotatable bonds is 6. The van der Waals surface area contributed by atoms with Gasteiger partial charge in [-0.1, -0.05) is 24.3 Å². The molecule has 0 aromatic heterocycles. The average molecular weight is 418 g/mol. The Balaban J connectivity index is 1.56. The molecule has 0 fully saturated rings. The Morgan fingerprint density at radius 3 is 1.90 bits per heavy atom. The molecule has 0 atom stereocenters. The van der Waals surface area contributed by atoms with Crippen LogP contribution >= 0.6 is 0 Å². The number of anilines is 4. The minimum atomic E-state index is -0.584. The van der Waals surface area contributed by atoms with Crippen LogP contribution in [0.25, 0.3) is 0 Å². The van der Waals surface area contributed by atoms with Gasteiger partial charge in [-0.3, -0.25) is 10.1 Å². The Morgan fingerprint density at radius 2 is 1.26 bits per heavy atom. The molecule has 0 bridgehead atoms. The Morgan fingerprint density at radius 1 is 0.677 bits per heavy atom. The molecule has 3 aromatic carbocycles. The molecule has 0 saturated carbocycles. The third kappa shape index (κ3) is 6.60. The molecule has 31 heavy (non-hydrogen) atoms. The number of nitrogens with one attached hydrogen (secondary N) is 4. The number of para-hydroxylation sites is 1. The molecule has 3 rings (SSSR count). The Bertz CT molecular complexity index is 1050. The van der Waals surface area contributed by atoms with E-state index in [4.69, 9.17) is 4.74 Å². The van der Waals surface area contributed by atoms with Crippen molar-refractivity contribution < 1.29 is 19.1 Å². The standard InChI is InChI=1S/C23H22N4O4/c1-2-31-23(30)27-20-10-6-7-16(15-20)21(28)24-18-11-13-19(14-12-18)26-22(29)25-17-8-4-3-5-9-17/h3-15H,2H2,1H3,(H,24,28)(H,27,30)(H2,25,26,29). The summed E-state index contributed by atoms with van der Waals surface area (Å²) >= 11 is 0. The molecule has 0 aliphatic carbocycles.